The highest BCUT2D eigenvalue weighted by atomic mass is 16.4. The summed E-state index contributed by atoms with van der Waals surface area (Å²) in [7, 11) is 0. The molecule has 0 aromatic carbocycles. The number of hydrogen-bond donors (Lipinski definition) is 2. The zero-order valence-electron chi connectivity index (χ0n) is 12.2. The number of carboxylic acids is 1. The van der Waals surface area contributed by atoms with Gasteiger partial charge in [-0.15, -0.1) is 0 Å². The molecule has 19 heavy (non-hydrogen) atoms. The molecule has 2 atom stereocenters. The number of amides is 1. The Morgan fingerprint density at radius 1 is 1.42 bits per heavy atom. The quantitative estimate of drug-likeness (QED) is 0.735. The summed E-state index contributed by atoms with van der Waals surface area (Å²) in [6.45, 7) is 7.76. The summed E-state index contributed by atoms with van der Waals surface area (Å²) in [6.07, 6.45) is 2.50. The van der Waals surface area contributed by atoms with Crippen molar-refractivity contribution < 1.29 is 14.7 Å². The second kappa shape index (κ2) is 6.89. The Morgan fingerprint density at radius 2 is 2.11 bits per heavy atom. The second-order valence-electron chi connectivity index (χ2n) is 5.56. The van der Waals surface area contributed by atoms with Crippen molar-refractivity contribution in [3.8, 4) is 0 Å². The molecule has 0 aromatic heterocycles. The lowest BCUT2D eigenvalue weighted by Crippen LogP contribution is -2.39. The fraction of sp³-hybridized carbons (Fsp3) is 0.857. The lowest BCUT2D eigenvalue weighted by Gasteiger charge is -2.25. The Morgan fingerprint density at radius 3 is 2.63 bits per heavy atom. The van der Waals surface area contributed by atoms with Crippen molar-refractivity contribution in [3.63, 3.8) is 0 Å². The highest BCUT2D eigenvalue weighted by Gasteiger charge is 2.45. The number of carbonyl (C=O) groups is 2. The summed E-state index contributed by atoms with van der Waals surface area (Å²) in [5.74, 6) is -0.697. The molecule has 5 heteroatoms. The van der Waals surface area contributed by atoms with E-state index in [4.69, 9.17) is 0 Å². The van der Waals surface area contributed by atoms with Gasteiger partial charge in [-0.05, 0) is 26.3 Å². The minimum Gasteiger partial charge on any atom is -0.481 e. The summed E-state index contributed by atoms with van der Waals surface area (Å²) < 4.78 is 0. The van der Waals surface area contributed by atoms with Crippen LogP contribution in [0.4, 0.5) is 0 Å². The van der Waals surface area contributed by atoms with Gasteiger partial charge in [-0.2, -0.15) is 0 Å². The van der Waals surface area contributed by atoms with Gasteiger partial charge in [0.05, 0.1) is 5.41 Å². The van der Waals surface area contributed by atoms with E-state index in [2.05, 4.69) is 5.32 Å². The molecule has 1 heterocycles. The molecule has 1 saturated heterocycles. The molecule has 1 aliphatic heterocycles. The van der Waals surface area contributed by atoms with E-state index in [1.165, 1.54) is 0 Å². The maximum Gasteiger partial charge on any atom is 0.311 e. The lowest BCUT2D eigenvalue weighted by molar-refractivity contribution is -0.149. The van der Waals surface area contributed by atoms with E-state index in [0.29, 0.717) is 32.4 Å². The number of carbonyl (C=O) groups excluding carboxylic acids is 1. The molecule has 0 aliphatic carbocycles. The van der Waals surface area contributed by atoms with Gasteiger partial charge in [0, 0.05) is 25.6 Å². The maximum absolute atomic E-state index is 12.1. The SMILES string of the molecule is CCCC1(C(=O)O)CCN(C(=O)CC(C)NCC)C1. The molecule has 2 N–H and O–H groups in total. The van der Waals surface area contributed by atoms with Crippen molar-refractivity contribution in [1.82, 2.24) is 10.2 Å². The largest absolute Gasteiger partial charge is 0.481 e. The van der Waals surface area contributed by atoms with Crippen LogP contribution in [0.15, 0.2) is 0 Å². The summed E-state index contributed by atoms with van der Waals surface area (Å²) in [5.41, 5.74) is -0.716. The minimum atomic E-state index is -0.760. The van der Waals surface area contributed by atoms with Crippen LogP contribution in [0.3, 0.4) is 0 Å². The van der Waals surface area contributed by atoms with Crippen molar-refractivity contribution >= 4 is 11.9 Å². The topological polar surface area (TPSA) is 69.6 Å². The third-order valence-electron chi connectivity index (χ3n) is 3.92. The van der Waals surface area contributed by atoms with Crippen molar-refractivity contribution in [2.75, 3.05) is 19.6 Å². The van der Waals surface area contributed by atoms with Crippen LogP contribution < -0.4 is 5.32 Å². The molecular weight excluding hydrogens is 244 g/mol. The Labute approximate surface area is 115 Å². The Hall–Kier alpha value is -1.10. The predicted octanol–water partition coefficient (Wildman–Crippen LogP) is 1.48. The molecule has 0 saturated carbocycles. The summed E-state index contributed by atoms with van der Waals surface area (Å²) in [5, 5.41) is 12.6. The van der Waals surface area contributed by atoms with Gasteiger partial charge in [-0.3, -0.25) is 9.59 Å². The molecule has 0 radical (unpaired) electrons. The number of rotatable bonds is 7. The molecule has 110 valence electrons. The Kier molecular flexibility index (Phi) is 5.79. The second-order valence-corrected chi connectivity index (χ2v) is 5.56. The summed E-state index contributed by atoms with van der Waals surface area (Å²) >= 11 is 0. The third kappa shape index (κ3) is 3.93. The van der Waals surface area contributed by atoms with Gasteiger partial charge in [0.25, 0.3) is 0 Å². The van der Waals surface area contributed by atoms with Gasteiger partial charge in [0.2, 0.25) is 5.91 Å². The zero-order chi connectivity index (χ0) is 14.5. The Balaban J connectivity index is 2.59. The highest BCUT2D eigenvalue weighted by Crippen LogP contribution is 2.35. The Bertz CT molecular complexity index is 333. The first-order valence-corrected chi connectivity index (χ1v) is 7.19. The van der Waals surface area contributed by atoms with Crippen LogP contribution in [0.5, 0.6) is 0 Å². The number of aliphatic carboxylic acids is 1. The molecule has 1 fully saturated rings. The van der Waals surface area contributed by atoms with E-state index in [1.807, 2.05) is 20.8 Å². The van der Waals surface area contributed by atoms with Gasteiger partial charge in [-0.25, -0.2) is 0 Å². The first-order chi connectivity index (χ1) is 8.95. The standard InChI is InChI=1S/C14H26N2O3/c1-4-6-14(13(18)19)7-8-16(10-14)12(17)9-11(3)15-5-2/h11,15H,4-10H2,1-3H3,(H,18,19). The molecule has 2 unspecified atom stereocenters. The predicted molar refractivity (Wildman–Crippen MR) is 73.9 cm³/mol. The monoisotopic (exact) mass is 270 g/mol. The number of hydrogen-bond acceptors (Lipinski definition) is 3. The van der Waals surface area contributed by atoms with E-state index in [0.717, 1.165) is 13.0 Å². The van der Waals surface area contributed by atoms with Gasteiger partial charge >= 0.3 is 5.97 Å². The van der Waals surface area contributed by atoms with Crippen LogP contribution in [-0.2, 0) is 9.59 Å². The van der Waals surface area contributed by atoms with Crippen molar-refractivity contribution in [2.24, 2.45) is 5.41 Å². The lowest BCUT2D eigenvalue weighted by atomic mass is 9.83. The molecule has 1 amide bonds. The molecule has 0 aromatic rings. The minimum absolute atomic E-state index is 0.0627. The van der Waals surface area contributed by atoms with Crippen molar-refractivity contribution in [2.45, 2.75) is 52.5 Å². The third-order valence-corrected chi connectivity index (χ3v) is 3.92. The normalized spacial score (nSPS) is 24.5. The molecule has 5 nitrogen and oxygen atoms in total. The average Bonchev–Trinajstić information content (AvgIpc) is 2.75. The van der Waals surface area contributed by atoms with E-state index in [1.54, 1.807) is 4.90 Å². The van der Waals surface area contributed by atoms with Crippen molar-refractivity contribution in [1.29, 1.82) is 0 Å². The van der Waals surface area contributed by atoms with Gasteiger partial charge in [0.15, 0.2) is 0 Å². The number of nitrogens with one attached hydrogen (secondary N) is 1. The molecule has 0 bridgehead atoms. The van der Waals surface area contributed by atoms with Crippen LogP contribution in [0.2, 0.25) is 0 Å². The van der Waals surface area contributed by atoms with Crippen LogP contribution >= 0.6 is 0 Å². The first-order valence-electron chi connectivity index (χ1n) is 7.19. The van der Waals surface area contributed by atoms with E-state index in [9.17, 15) is 14.7 Å². The molecular formula is C14H26N2O3. The summed E-state index contributed by atoms with van der Waals surface area (Å²) in [6, 6.07) is 0.142. The molecule has 1 rings (SSSR count). The van der Waals surface area contributed by atoms with Crippen LogP contribution in [-0.4, -0.2) is 47.6 Å². The number of carboxylic acid groups (broad SMARTS) is 1. The van der Waals surface area contributed by atoms with Crippen LogP contribution in [0, 0.1) is 5.41 Å². The van der Waals surface area contributed by atoms with E-state index in [-0.39, 0.29) is 11.9 Å². The van der Waals surface area contributed by atoms with Gasteiger partial charge < -0.3 is 15.3 Å². The molecule has 1 aliphatic rings. The first kappa shape index (κ1) is 16.0. The van der Waals surface area contributed by atoms with E-state index >= 15 is 0 Å². The van der Waals surface area contributed by atoms with Gasteiger partial charge in [0.1, 0.15) is 0 Å². The fourth-order valence-corrected chi connectivity index (χ4v) is 2.86. The van der Waals surface area contributed by atoms with Crippen LogP contribution in [0.1, 0.15) is 46.5 Å². The van der Waals surface area contributed by atoms with Gasteiger partial charge in [-0.1, -0.05) is 20.3 Å². The van der Waals surface area contributed by atoms with Crippen molar-refractivity contribution in [3.05, 3.63) is 0 Å². The fourth-order valence-electron chi connectivity index (χ4n) is 2.86. The molecule has 0 spiro atoms. The smallest absolute Gasteiger partial charge is 0.311 e. The highest BCUT2D eigenvalue weighted by molar-refractivity contribution is 5.81. The zero-order valence-corrected chi connectivity index (χ0v) is 12.2. The maximum atomic E-state index is 12.1. The number of likely N-dealkylation sites (tertiary alicyclic amines) is 1. The summed E-state index contributed by atoms with van der Waals surface area (Å²) in [4.78, 5) is 25.3. The van der Waals surface area contributed by atoms with Crippen LogP contribution in [0.25, 0.3) is 0 Å². The van der Waals surface area contributed by atoms with E-state index < -0.39 is 11.4 Å². The average molecular weight is 270 g/mol. The number of nitrogens with zero attached hydrogens (tertiary/aromatic N) is 1.